The molecule has 0 bridgehead atoms. The van der Waals surface area contributed by atoms with Gasteiger partial charge in [0.1, 0.15) is 23.6 Å². The van der Waals surface area contributed by atoms with Crippen molar-refractivity contribution in [2.75, 3.05) is 19.6 Å². The molecule has 4 amide bonds. The van der Waals surface area contributed by atoms with Gasteiger partial charge in [0, 0.05) is 44.7 Å². The number of aryl methyl sites for hydroxylation is 2. The molecule has 3 heterocycles. The Labute approximate surface area is 288 Å². The molecule has 0 saturated carbocycles. The zero-order valence-electron chi connectivity index (χ0n) is 29.1. The number of hydrogen-bond acceptors (Lipinski definition) is 5. The molecule has 2 saturated heterocycles. The number of para-hydroxylation sites is 1. The number of ether oxygens (including phenoxy) is 1. The molecule has 2 aliphatic heterocycles. The van der Waals surface area contributed by atoms with Crippen molar-refractivity contribution in [2.24, 2.45) is 7.05 Å². The third kappa shape index (κ3) is 7.19. The fourth-order valence-electron chi connectivity index (χ4n) is 7.05. The van der Waals surface area contributed by atoms with Gasteiger partial charge in [-0.3, -0.25) is 9.59 Å². The molecule has 4 aromatic rings. The van der Waals surface area contributed by atoms with E-state index in [0.717, 1.165) is 38.9 Å². The first-order valence-corrected chi connectivity index (χ1v) is 16.8. The summed E-state index contributed by atoms with van der Waals surface area (Å²) in [5.74, 6) is 0.376. The minimum Gasteiger partial charge on any atom is -0.488 e. The molecular formula is C39H46N6O4. The third-order valence-electron chi connectivity index (χ3n) is 9.09. The van der Waals surface area contributed by atoms with Crippen molar-refractivity contribution >= 4 is 28.7 Å². The average Bonchev–Trinajstić information content (AvgIpc) is 3.36. The zero-order valence-corrected chi connectivity index (χ0v) is 29.1. The summed E-state index contributed by atoms with van der Waals surface area (Å²) in [6.45, 7) is 13.0. The lowest BCUT2D eigenvalue weighted by Crippen LogP contribution is -2.76. The highest BCUT2D eigenvalue weighted by Gasteiger charge is 2.51. The quantitative estimate of drug-likeness (QED) is 0.243. The van der Waals surface area contributed by atoms with Gasteiger partial charge in [-0.15, -0.1) is 6.58 Å². The molecule has 0 spiro atoms. The van der Waals surface area contributed by atoms with Crippen LogP contribution >= 0.6 is 0 Å². The van der Waals surface area contributed by atoms with E-state index >= 15 is 0 Å². The summed E-state index contributed by atoms with van der Waals surface area (Å²) in [5, 5.41) is 7.53. The van der Waals surface area contributed by atoms with Gasteiger partial charge >= 0.3 is 6.03 Å². The van der Waals surface area contributed by atoms with Crippen LogP contribution in [0.5, 0.6) is 5.75 Å². The predicted octanol–water partition coefficient (Wildman–Crippen LogP) is 5.40. The number of benzene rings is 3. The number of nitrogens with zero attached hydrogens (tertiary/aromatic N) is 5. The van der Waals surface area contributed by atoms with Gasteiger partial charge in [0.05, 0.1) is 18.6 Å². The largest absolute Gasteiger partial charge is 0.488 e. The molecule has 0 aliphatic carbocycles. The van der Waals surface area contributed by atoms with Crippen molar-refractivity contribution < 1.29 is 19.1 Å². The number of urea groups is 1. The van der Waals surface area contributed by atoms with E-state index in [-0.39, 0.29) is 36.5 Å². The Kier molecular flexibility index (Phi) is 9.52. The first kappa shape index (κ1) is 33.8. The second-order valence-electron chi connectivity index (χ2n) is 13.9. The fraction of sp³-hybridized carbons (Fsp3) is 0.359. The van der Waals surface area contributed by atoms with E-state index in [2.05, 4.69) is 35.6 Å². The Morgan fingerprint density at radius 2 is 1.73 bits per heavy atom. The minimum absolute atomic E-state index is 0.0502. The van der Waals surface area contributed by atoms with Crippen LogP contribution in [0.25, 0.3) is 10.9 Å². The van der Waals surface area contributed by atoms with Crippen LogP contribution < -0.4 is 10.1 Å². The van der Waals surface area contributed by atoms with Gasteiger partial charge in [-0.2, -0.15) is 0 Å². The number of carbonyl (C=O) groups is 3. The minimum atomic E-state index is -0.815. The average molecular weight is 663 g/mol. The predicted molar refractivity (Wildman–Crippen MR) is 190 cm³/mol. The normalized spacial score (nSPS) is 18.5. The van der Waals surface area contributed by atoms with Crippen molar-refractivity contribution in [3.63, 3.8) is 0 Å². The van der Waals surface area contributed by atoms with Crippen molar-refractivity contribution in [3.05, 3.63) is 114 Å². The van der Waals surface area contributed by atoms with Gasteiger partial charge in [0.2, 0.25) is 11.8 Å². The number of aromatic nitrogens is 1. The molecule has 1 N–H and O–H groups in total. The Hall–Kier alpha value is -5.09. The Morgan fingerprint density at radius 3 is 2.43 bits per heavy atom. The molecule has 2 atom stereocenters. The van der Waals surface area contributed by atoms with Gasteiger partial charge in [-0.1, -0.05) is 66.7 Å². The highest BCUT2D eigenvalue weighted by atomic mass is 16.5. The molecule has 2 fully saturated rings. The van der Waals surface area contributed by atoms with E-state index in [1.165, 1.54) is 0 Å². The van der Waals surface area contributed by atoms with Crippen molar-refractivity contribution in [3.8, 4) is 5.75 Å². The van der Waals surface area contributed by atoms with Crippen LogP contribution in [0.2, 0.25) is 0 Å². The summed E-state index contributed by atoms with van der Waals surface area (Å²) in [6, 6.07) is 22.4. The van der Waals surface area contributed by atoms with E-state index < -0.39 is 12.2 Å². The number of amides is 4. The van der Waals surface area contributed by atoms with Gasteiger partial charge < -0.3 is 24.4 Å². The zero-order chi connectivity index (χ0) is 34.9. The molecule has 10 nitrogen and oxygen atoms in total. The number of piperazine rings is 1. The van der Waals surface area contributed by atoms with Crippen LogP contribution in [0, 0.1) is 6.92 Å². The maximum absolute atomic E-state index is 14.6. The molecule has 1 aromatic heterocycles. The molecule has 0 radical (unpaired) electrons. The summed E-state index contributed by atoms with van der Waals surface area (Å²) in [6.07, 6.45) is 3.35. The highest BCUT2D eigenvalue weighted by molar-refractivity contribution is 5.92. The van der Waals surface area contributed by atoms with Gasteiger partial charge in [0.15, 0.2) is 0 Å². The lowest BCUT2D eigenvalue weighted by atomic mass is 9.98. The van der Waals surface area contributed by atoms with Gasteiger partial charge in [0.25, 0.3) is 0 Å². The second-order valence-corrected chi connectivity index (χ2v) is 13.9. The molecular weight excluding hydrogens is 616 g/mol. The van der Waals surface area contributed by atoms with Crippen LogP contribution in [-0.2, 0) is 36.1 Å². The monoisotopic (exact) mass is 662 g/mol. The summed E-state index contributed by atoms with van der Waals surface area (Å²) in [5.41, 5.74) is 4.72. The first-order chi connectivity index (χ1) is 23.4. The summed E-state index contributed by atoms with van der Waals surface area (Å²) in [7, 11) is 2.01. The molecule has 256 valence electrons. The van der Waals surface area contributed by atoms with E-state index in [1.807, 2.05) is 99.4 Å². The SMILES string of the molecule is C=CCN1CC(=O)N2C(Cc3ccc(OC(C)(C)C)cc3)C(=O)N(Cc3cccc4c(C)cn(C)c34)CC2N1C(=O)NCc1ccccc1. The van der Waals surface area contributed by atoms with Crippen molar-refractivity contribution in [1.82, 2.24) is 29.7 Å². The lowest BCUT2D eigenvalue weighted by Gasteiger charge is -2.55. The molecule has 49 heavy (non-hydrogen) atoms. The molecule has 10 heteroatoms. The maximum atomic E-state index is 14.6. The van der Waals surface area contributed by atoms with Gasteiger partial charge in [-0.05, 0) is 62.1 Å². The Bertz CT molecular complexity index is 1850. The number of carbonyl (C=O) groups excluding carboxylic acids is 3. The molecule has 2 aliphatic rings. The number of rotatable bonds is 9. The summed E-state index contributed by atoms with van der Waals surface area (Å²) in [4.78, 5) is 46.1. The van der Waals surface area contributed by atoms with Crippen LogP contribution in [-0.4, -0.2) is 79.7 Å². The van der Waals surface area contributed by atoms with Crippen LogP contribution in [0.1, 0.15) is 43.0 Å². The molecule has 6 rings (SSSR count). The first-order valence-electron chi connectivity index (χ1n) is 16.8. The fourth-order valence-corrected chi connectivity index (χ4v) is 7.05. The number of fused-ring (bicyclic) bond motifs is 2. The summed E-state index contributed by atoms with van der Waals surface area (Å²) < 4.78 is 8.12. The van der Waals surface area contributed by atoms with E-state index in [4.69, 9.17) is 4.74 Å². The highest BCUT2D eigenvalue weighted by Crippen LogP contribution is 2.32. The molecule has 2 unspecified atom stereocenters. The number of hydrogen-bond donors (Lipinski definition) is 1. The summed E-state index contributed by atoms with van der Waals surface area (Å²) >= 11 is 0. The molecule has 3 aromatic carbocycles. The smallest absolute Gasteiger partial charge is 0.334 e. The van der Waals surface area contributed by atoms with Crippen LogP contribution in [0.3, 0.4) is 0 Å². The van der Waals surface area contributed by atoms with Crippen LogP contribution in [0.4, 0.5) is 4.79 Å². The lowest BCUT2D eigenvalue weighted by molar-refractivity contribution is -0.189. The maximum Gasteiger partial charge on any atom is 0.334 e. The standard InChI is InChI=1S/C39H46N6O4/c1-7-20-43-26-35(46)44-33(21-28-16-18-31(19-17-28)49-39(3,4)5)37(47)42(24-30-14-11-15-32-27(2)23-41(6)36(30)32)25-34(44)45(43)38(48)40-22-29-12-9-8-10-13-29/h7-19,23,33-34H,1,20-22,24-26H2,2-6H3,(H,40,48). The second kappa shape index (κ2) is 13.8. The van der Waals surface area contributed by atoms with Crippen LogP contribution in [0.15, 0.2) is 91.6 Å². The Morgan fingerprint density at radius 1 is 1.00 bits per heavy atom. The van der Waals surface area contributed by atoms with Crippen molar-refractivity contribution in [1.29, 1.82) is 0 Å². The van der Waals surface area contributed by atoms with Gasteiger partial charge in [-0.25, -0.2) is 14.8 Å². The number of hydrazine groups is 1. The van der Waals surface area contributed by atoms with Crippen molar-refractivity contribution in [2.45, 2.75) is 65.0 Å². The van der Waals surface area contributed by atoms with E-state index in [0.29, 0.717) is 26.1 Å². The third-order valence-corrected chi connectivity index (χ3v) is 9.09. The van der Waals surface area contributed by atoms with E-state index in [9.17, 15) is 14.4 Å². The number of nitrogens with one attached hydrogen (secondary N) is 1. The topological polar surface area (TPSA) is 90.4 Å². The van der Waals surface area contributed by atoms with E-state index in [1.54, 1.807) is 21.0 Å². The Balaban J connectivity index is 1.37.